The summed E-state index contributed by atoms with van der Waals surface area (Å²) in [5.41, 5.74) is 0.853. The Balaban J connectivity index is 1.92. The molecule has 3 rings (SSSR count). The monoisotopic (exact) mass is 388 g/mol. The first-order valence-electron chi connectivity index (χ1n) is 9.66. The number of likely N-dealkylation sites (N-methyl/N-ethyl adjacent to an activating group) is 1. The predicted molar refractivity (Wildman–Crippen MR) is 114 cm³/mol. The summed E-state index contributed by atoms with van der Waals surface area (Å²) in [7, 11) is 11.7. The lowest BCUT2D eigenvalue weighted by Crippen LogP contribution is -2.57. The van der Waals surface area contributed by atoms with Crippen LogP contribution in [0, 0.1) is 0 Å². The van der Waals surface area contributed by atoms with Crippen molar-refractivity contribution in [1.82, 2.24) is 19.8 Å². The first kappa shape index (κ1) is 20.4. The highest BCUT2D eigenvalue weighted by Gasteiger charge is 2.31. The zero-order valence-electron chi connectivity index (χ0n) is 17.8. The Morgan fingerprint density at radius 1 is 1.07 bits per heavy atom. The molecule has 1 saturated heterocycles. The van der Waals surface area contributed by atoms with Crippen LogP contribution >= 0.6 is 0 Å². The lowest BCUT2D eigenvalue weighted by Gasteiger charge is -2.43. The summed E-state index contributed by atoms with van der Waals surface area (Å²) >= 11 is 0. The largest absolute Gasteiger partial charge is 0.493 e. The highest BCUT2D eigenvalue weighted by molar-refractivity contribution is 5.93. The molecule has 0 radical (unpaired) electrons. The molecule has 1 aliphatic rings. The van der Waals surface area contributed by atoms with E-state index in [1.165, 1.54) is 0 Å². The van der Waals surface area contributed by atoms with Crippen LogP contribution in [0.25, 0.3) is 10.9 Å². The number of fused-ring (bicyclic) bond motifs is 1. The van der Waals surface area contributed by atoms with Crippen LogP contribution in [-0.2, 0) is 0 Å². The summed E-state index contributed by atoms with van der Waals surface area (Å²) in [6.45, 7) is 3.76. The second kappa shape index (κ2) is 8.79. The van der Waals surface area contributed by atoms with Gasteiger partial charge in [0.15, 0.2) is 11.5 Å². The Kier molecular flexibility index (Phi) is 6.41. The third-order valence-corrected chi connectivity index (χ3v) is 5.14. The quantitative estimate of drug-likeness (QED) is 0.652. The smallest absolute Gasteiger partial charge is 0.225 e. The number of ether oxygens (including phenoxy) is 2. The van der Waals surface area contributed by atoms with Crippen LogP contribution in [0.5, 0.6) is 11.5 Å². The van der Waals surface area contributed by atoms with Crippen LogP contribution in [-0.4, -0.2) is 94.4 Å². The molecule has 0 unspecified atom stereocenters. The Hall–Kier alpha value is -2.32. The summed E-state index contributed by atoms with van der Waals surface area (Å²) in [5, 5.41) is 4.36. The maximum Gasteiger partial charge on any atom is 0.225 e. The zero-order chi connectivity index (χ0) is 20.3. The van der Waals surface area contributed by atoms with E-state index in [4.69, 9.17) is 19.4 Å². The van der Waals surface area contributed by atoms with E-state index in [1.54, 1.807) is 14.2 Å². The summed E-state index contributed by atoms with van der Waals surface area (Å²) in [4.78, 5) is 16.3. The molecule has 8 heteroatoms. The van der Waals surface area contributed by atoms with Gasteiger partial charge in [-0.2, -0.15) is 4.98 Å². The van der Waals surface area contributed by atoms with Gasteiger partial charge in [0, 0.05) is 37.1 Å². The molecule has 154 valence electrons. The van der Waals surface area contributed by atoms with Crippen LogP contribution in [0.15, 0.2) is 12.1 Å². The number of nitrogens with one attached hydrogen (secondary N) is 1. The van der Waals surface area contributed by atoms with Crippen LogP contribution < -0.4 is 19.7 Å². The number of anilines is 2. The standard InChI is InChI=1S/C20H32N6O2/c1-24(2)9-7-8-21-20-22-16-11-18(28-6)17(27-5)10-15(16)19(23-20)26-12-14(13-26)25(3)4/h10-11,14H,7-9,12-13H2,1-6H3,(H,21,22,23). The molecule has 1 fully saturated rings. The molecular weight excluding hydrogens is 356 g/mol. The number of methoxy groups -OCH3 is 2. The highest BCUT2D eigenvalue weighted by Crippen LogP contribution is 2.37. The average molecular weight is 389 g/mol. The number of rotatable bonds is 9. The lowest BCUT2D eigenvalue weighted by molar-refractivity contribution is 0.246. The second-order valence-corrected chi connectivity index (χ2v) is 7.70. The SMILES string of the molecule is COc1cc2nc(NCCCN(C)C)nc(N3CC(N(C)C)C3)c2cc1OC. The minimum absolute atomic E-state index is 0.543. The fourth-order valence-corrected chi connectivity index (χ4v) is 3.31. The van der Waals surface area contributed by atoms with Gasteiger partial charge < -0.3 is 29.5 Å². The third-order valence-electron chi connectivity index (χ3n) is 5.14. The maximum atomic E-state index is 5.49. The third kappa shape index (κ3) is 4.39. The molecule has 1 N–H and O–H groups in total. The van der Waals surface area contributed by atoms with Gasteiger partial charge in [-0.25, -0.2) is 4.98 Å². The summed E-state index contributed by atoms with van der Waals surface area (Å²) in [6.07, 6.45) is 1.03. The van der Waals surface area contributed by atoms with Crippen molar-refractivity contribution in [2.24, 2.45) is 0 Å². The number of hydrogen-bond acceptors (Lipinski definition) is 8. The molecule has 1 aromatic carbocycles. The summed E-state index contributed by atoms with van der Waals surface area (Å²) in [6, 6.07) is 4.44. The van der Waals surface area contributed by atoms with Crippen LogP contribution in [0.2, 0.25) is 0 Å². The van der Waals surface area contributed by atoms with Crippen molar-refractivity contribution >= 4 is 22.7 Å². The van der Waals surface area contributed by atoms with Crippen molar-refractivity contribution in [1.29, 1.82) is 0 Å². The highest BCUT2D eigenvalue weighted by atomic mass is 16.5. The van der Waals surface area contributed by atoms with Gasteiger partial charge in [0.1, 0.15) is 5.82 Å². The van der Waals surface area contributed by atoms with Gasteiger partial charge in [0.05, 0.1) is 19.7 Å². The van der Waals surface area contributed by atoms with E-state index in [2.05, 4.69) is 48.2 Å². The second-order valence-electron chi connectivity index (χ2n) is 7.70. The molecular formula is C20H32N6O2. The normalized spacial score (nSPS) is 14.6. The van der Waals surface area contributed by atoms with Crippen molar-refractivity contribution in [3.05, 3.63) is 12.1 Å². The van der Waals surface area contributed by atoms with Crippen molar-refractivity contribution in [3.63, 3.8) is 0 Å². The van der Waals surface area contributed by atoms with Gasteiger partial charge in [-0.05, 0) is 47.2 Å². The van der Waals surface area contributed by atoms with Crippen molar-refractivity contribution in [2.75, 3.05) is 78.8 Å². The van der Waals surface area contributed by atoms with E-state index in [1.807, 2.05) is 12.1 Å². The molecule has 0 atom stereocenters. The van der Waals surface area contributed by atoms with Crippen molar-refractivity contribution < 1.29 is 9.47 Å². The maximum absolute atomic E-state index is 5.49. The van der Waals surface area contributed by atoms with Gasteiger partial charge in [-0.15, -0.1) is 0 Å². The minimum atomic E-state index is 0.543. The fourth-order valence-electron chi connectivity index (χ4n) is 3.31. The van der Waals surface area contributed by atoms with E-state index < -0.39 is 0 Å². The Morgan fingerprint density at radius 3 is 2.36 bits per heavy atom. The average Bonchev–Trinajstić information content (AvgIpc) is 2.62. The fraction of sp³-hybridized carbons (Fsp3) is 0.600. The molecule has 0 saturated carbocycles. The van der Waals surface area contributed by atoms with Gasteiger partial charge in [-0.3, -0.25) is 0 Å². The first-order chi connectivity index (χ1) is 13.4. The molecule has 2 aromatic rings. The van der Waals surface area contributed by atoms with E-state index in [-0.39, 0.29) is 0 Å². The predicted octanol–water partition coefficient (Wildman–Crippen LogP) is 1.76. The van der Waals surface area contributed by atoms with Gasteiger partial charge >= 0.3 is 0 Å². The van der Waals surface area contributed by atoms with Crippen LogP contribution in [0.4, 0.5) is 11.8 Å². The first-order valence-corrected chi connectivity index (χ1v) is 9.66. The van der Waals surface area contributed by atoms with Gasteiger partial charge in [0.2, 0.25) is 5.95 Å². The molecule has 8 nitrogen and oxygen atoms in total. The number of nitrogens with zero attached hydrogens (tertiary/aromatic N) is 5. The topological polar surface area (TPSA) is 66.0 Å². The van der Waals surface area contributed by atoms with Crippen LogP contribution in [0.1, 0.15) is 6.42 Å². The number of hydrogen-bond donors (Lipinski definition) is 1. The Morgan fingerprint density at radius 2 is 1.75 bits per heavy atom. The molecule has 1 aromatic heterocycles. The van der Waals surface area contributed by atoms with E-state index in [0.717, 1.165) is 49.3 Å². The molecule has 28 heavy (non-hydrogen) atoms. The summed E-state index contributed by atoms with van der Waals surface area (Å²) in [5.74, 6) is 2.96. The molecule has 0 bridgehead atoms. The van der Waals surface area contributed by atoms with Crippen LogP contribution in [0.3, 0.4) is 0 Å². The molecule has 2 heterocycles. The van der Waals surface area contributed by atoms with E-state index in [9.17, 15) is 0 Å². The lowest BCUT2D eigenvalue weighted by atomic mass is 10.1. The Bertz CT molecular complexity index is 805. The van der Waals surface area contributed by atoms with Crippen molar-refractivity contribution in [3.8, 4) is 11.5 Å². The van der Waals surface area contributed by atoms with Gasteiger partial charge in [0.25, 0.3) is 0 Å². The zero-order valence-corrected chi connectivity index (χ0v) is 17.8. The van der Waals surface area contributed by atoms with E-state index in [0.29, 0.717) is 23.5 Å². The molecule has 1 aliphatic heterocycles. The number of benzene rings is 1. The number of aromatic nitrogens is 2. The van der Waals surface area contributed by atoms with Crippen molar-refractivity contribution in [2.45, 2.75) is 12.5 Å². The molecule has 0 aliphatic carbocycles. The minimum Gasteiger partial charge on any atom is -0.493 e. The molecule has 0 spiro atoms. The molecule has 0 amide bonds. The van der Waals surface area contributed by atoms with Gasteiger partial charge in [-0.1, -0.05) is 0 Å². The summed E-state index contributed by atoms with van der Waals surface area (Å²) < 4.78 is 11.0. The Labute approximate surface area is 167 Å². The van der Waals surface area contributed by atoms with E-state index >= 15 is 0 Å².